The zero-order chi connectivity index (χ0) is 23.3. The zero-order valence-corrected chi connectivity index (χ0v) is 20.0. The van der Waals surface area contributed by atoms with E-state index in [1.807, 2.05) is 42.7 Å². The van der Waals surface area contributed by atoms with Crippen LogP contribution in [-0.2, 0) is 19.3 Å². The molecule has 3 nitrogen and oxygen atoms in total. The van der Waals surface area contributed by atoms with Gasteiger partial charge in [-0.05, 0) is 129 Å². The number of aryl methyl sites for hydroxylation is 2. The third-order valence-corrected chi connectivity index (χ3v) is 7.94. The highest BCUT2D eigenvalue weighted by molar-refractivity contribution is 5.96. The van der Waals surface area contributed by atoms with Crippen molar-refractivity contribution in [3.8, 4) is 0 Å². The summed E-state index contributed by atoms with van der Waals surface area (Å²) in [5.41, 5.74) is 4.82. The van der Waals surface area contributed by atoms with Crippen LogP contribution in [0.15, 0.2) is 67.0 Å². The van der Waals surface area contributed by atoms with Gasteiger partial charge in [0.25, 0.3) is 5.91 Å². The second kappa shape index (κ2) is 10.7. The van der Waals surface area contributed by atoms with E-state index in [0.29, 0.717) is 0 Å². The van der Waals surface area contributed by atoms with Gasteiger partial charge < -0.3 is 4.90 Å². The number of hydrogen-bond donors (Lipinski definition) is 0. The molecule has 2 aromatic carbocycles. The molecule has 1 aliphatic heterocycles. The van der Waals surface area contributed by atoms with E-state index in [-0.39, 0.29) is 11.7 Å². The van der Waals surface area contributed by atoms with Crippen molar-refractivity contribution in [3.63, 3.8) is 0 Å². The molecule has 0 amide bonds. The number of likely N-dealkylation sites (tertiary alicyclic amines) is 1. The number of aromatic nitrogens is 1. The maximum atomic E-state index is 13.1. The summed E-state index contributed by atoms with van der Waals surface area (Å²) in [5.74, 6) is 1.52. The number of carbonyl (C=O) groups excluding carboxylic acids is 1. The Hall–Kier alpha value is -2.72. The Kier molecular flexibility index (Phi) is 7.24. The average Bonchev–Trinajstić information content (AvgIpc) is 3.33. The first-order valence-electron chi connectivity index (χ1n) is 12.9. The quantitative estimate of drug-likeness (QED) is 0.414. The van der Waals surface area contributed by atoms with Crippen LogP contribution in [0.2, 0.25) is 0 Å². The van der Waals surface area contributed by atoms with Crippen LogP contribution >= 0.6 is 0 Å². The van der Waals surface area contributed by atoms with E-state index in [9.17, 15) is 9.18 Å². The van der Waals surface area contributed by atoms with E-state index in [1.165, 1.54) is 61.9 Å². The van der Waals surface area contributed by atoms with E-state index in [0.717, 1.165) is 43.2 Å². The van der Waals surface area contributed by atoms with E-state index >= 15 is 0 Å². The fourth-order valence-electron chi connectivity index (χ4n) is 5.81. The van der Waals surface area contributed by atoms with Crippen LogP contribution in [0, 0.1) is 17.7 Å². The van der Waals surface area contributed by atoms with Gasteiger partial charge in [-0.3, -0.25) is 9.36 Å². The number of piperidine rings is 1. The fourth-order valence-corrected chi connectivity index (χ4v) is 5.81. The molecule has 5 rings (SSSR count). The van der Waals surface area contributed by atoms with Gasteiger partial charge in [-0.2, -0.15) is 0 Å². The van der Waals surface area contributed by atoms with Crippen LogP contribution in [0.25, 0.3) is 0 Å². The predicted molar refractivity (Wildman–Crippen MR) is 135 cm³/mol. The molecule has 4 heteroatoms. The second-order valence-electron chi connectivity index (χ2n) is 10.2. The van der Waals surface area contributed by atoms with Gasteiger partial charge in [0.05, 0.1) is 0 Å². The van der Waals surface area contributed by atoms with Crippen molar-refractivity contribution in [3.05, 3.63) is 95.1 Å². The van der Waals surface area contributed by atoms with E-state index in [4.69, 9.17) is 0 Å². The Balaban J connectivity index is 1.09. The van der Waals surface area contributed by atoms with Crippen molar-refractivity contribution in [1.29, 1.82) is 0 Å². The molecule has 3 aromatic rings. The topological polar surface area (TPSA) is 25.2 Å². The first kappa shape index (κ1) is 23.0. The summed E-state index contributed by atoms with van der Waals surface area (Å²) < 4.78 is 14.8. The van der Waals surface area contributed by atoms with Gasteiger partial charge in [0, 0.05) is 24.5 Å². The predicted octanol–water partition coefficient (Wildman–Crippen LogP) is 6.16. The number of halogens is 1. The van der Waals surface area contributed by atoms with Crippen LogP contribution in [-0.4, -0.2) is 35.0 Å². The lowest BCUT2D eigenvalue weighted by molar-refractivity contribution is 0.0960. The molecular weight excluding hydrogens is 423 g/mol. The molecule has 0 radical (unpaired) electrons. The molecule has 1 unspecified atom stereocenters. The van der Waals surface area contributed by atoms with E-state index in [1.54, 1.807) is 16.7 Å². The van der Waals surface area contributed by atoms with Gasteiger partial charge in [0.1, 0.15) is 5.82 Å². The van der Waals surface area contributed by atoms with Crippen LogP contribution < -0.4 is 0 Å². The molecule has 0 bridgehead atoms. The molecule has 0 saturated carbocycles. The normalized spacial score (nSPS) is 19.5. The van der Waals surface area contributed by atoms with Crippen molar-refractivity contribution in [2.45, 2.75) is 51.4 Å². The van der Waals surface area contributed by atoms with Crippen LogP contribution in [0.3, 0.4) is 0 Å². The third kappa shape index (κ3) is 5.67. The van der Waals surface area contributed by atoms with Crippen LogP contribution in [0.1, 0.15) is 59.2 Å². The van der Waals surface area contributed by atoms with Crippen molar-refractivity contribution >= 4 is 5.91 Å². The lowest BCUT2D eigenvalue weighted by Gasteiger charge is -2.33. The van der Waals surface area contributed by atoms with Gasteiger partial charge in [0.2, 0.25) is 0 Å². The third-order valence-electron chi connectivity index (χ3n) is 7.94. The first-order valence-corrected chi connectivity index (χ1v) is 12.9. The smallest absolute Gasteiger partial charge is 0.261 e. The largest absolute Gasteiger partial charge is 0.303 e. The Morgan fingerprint density at radius 3 is 2.26 bits per heavy atom. The second-order valence-corrected chi connectivity index (χ2v) is 10.2. The molecule has 1 atom stereocenters. The number of nitrogens with zero attached hydrogens (tertiary/aromatic N) is 2. The molecule has 0 spiro atoms. The first-order chi connectivity index (χ1) is 16.6. The highest BCUT2D eigenvalue weighted by Gasteiger charge is 2.24. The SMILES string of the molecule is O=C(c1ccc2c(c1)CCC(CC1CCN(CCc3ccc(F)cc3)CC1)CC2)n1cccc1. The highest BCUT2D eigenvalue weighted by Crippen LogP contribution is 2.33. The minimum atomic E-state index is -0.156. The number of carbonyl (C=O) groups is 1. The Labute approximate surface area is 202 Å². The maximum Gasteiger partial charge on any atom is 0.261 e. The monoisotopic (exact) mass is 458 g/mol. The van der Waals surface area contributed by atoms with Crippen molar-refractivity contribution in [2.75, 3.05) is 19.6 Å². The maximum absolute atomic E-state index is 13.1. The van der Waals surface area contributed by atoms with Gasteiger partial charge in [-0.15, -0.1) is 0 Å². The number of hydrogen-bond acceptors (Lipinski definition) is 2. The number of benzene rings is 2. The fraction of sp³-hybridized carbons (Fsp3) is 0.433. The summed E-state index contributed by atoms with van der Waals surface area (Å²) in [6, 6.07) is 17.1. The van der Waals surface area contributed by atoms with Gasteiger partial charge in [0.15, 0.2) is 0 Å². The minimum absolute atomic E-state index is 0.0554. The number of rotatable bonds is 6. The molecule has 1 aliphatic carbocycles. The van der Waals surface area contributed by atoms with Crippen LogP contribution in [0.4, 0.5) is 4.39 Å². The summed E-state index contributed by atoms with van der Waals surface area (Å²) in [5, 5.41) is 0. The average molecular weight is 459 g/mol. The lowest BCUT2D eigenvalue weighted by Crippen LogP contribution is -2.35. The van der Waals surface area contributed by atoms with E-state index in [2.05, 4.69) is 17.0 Å². The summed E-state index contributed by atoms with van der Waals surface area (Å²) in [7, 11) is 0. The molecule has 0 N–H and O–H groups in total. The van der Waals surface area contributed by atoms with Gasteiger partial charge in [-0.25, -0.2) is 4.39 Å². The van der Waals surface area contributed by atoms with Gasteiger partial charge >= 0.3 is 0 Å². The lowest BCUT2D eigenvalue weighted by atomic mass is 9.83. The molecule has 34 heavy (non-hydrogen) atoms. The Morgan fingerprint density at radius 1 is 0.853 bits per heavy atom. The van der Waals surface area contributed by atoms with Gasteiger partial charge in [-0.1, -0.05) is 18.2 Å². The standard InChI is InChI=1S/C30H35FN2O/c31-29-11-5-23(6-12-29)13-18-32-19-14-25(15-20-32)21-24-3-7-26-9-10-28(22-27(26)8-4-24)30(34)33-16-1-2-17-33/h1-2,5-6,9-12,16-17,22,24-25H,3-4,7-8,13-15,18-21H2. The van der Waals surface area contributed by atoms with Crippen molar-refractivity contribution in [2.24, 2.45) is 11.8 Å². The molecule has 2 heterocycles. The summed E-state index contributed by atoms with van der Waals surface area (Å²) >= 11 is 0. The van der Waals surface area contributed by atoms with Crippen molar-refractivity contribution < 1.29 is 9.18 Å². The zero-order valence-electron chi connectivity index (χ0n) is 20.0. The minimum Gasteiger partial charge on any atom is -0.303 e. The molecule has 2 aliphatic rings. The van der Waals surface area contributed by atoms with Crippen LogP contribution in [0.5, 0.6) is 0 Å². The number of fused-ring (bicyclic) bond motifs is 1. The molecule has 1 aromatic heterocycles. The molecule has 1 fully saturated rings. The Morgan fingerprint density at radius 2 is 1.53 bits per heavy atom. The molecule has 178 valence electrons. The molecule has 1 saturated heterocycles. The summed E-state index contributed by atoms with van der Waals surface area (Å²) in [6.45, 7) is 3.44. The highest BCUT2D eigenvalue weighted by atomic mass is 19.1. The van der Waals surface area contributed by atoms with E-state index < -0.39 is 0 Å². The summed E-state index contributed by atoms with van der Waals surface area (Å²) in [4.78, 5) is 15.3. The summed E-state index contributed by atoms with van der Waals surface area (Å²) in [6.07, 6.45) is 13.3. The molecular formula is C30H35FN2O. The Bertz CT molecular complexity index is 1080. The van der Waals surface area contributed by atoms with Crippen molar-refractivity contribution in [1.82, 2.24) is 9.47 Å².